The molecule has 1 unspecified atom stereocenters. The third-order valence-electron chi connectivity index (χ3n) is 2.88. The molecule has 1 aliphatic rings. The van der Waals surface area contributed by atoms with Gasteiger partial charge in [0.1, 0.15) is 0 Å². The van der Waals surface area contributed by atoms with Gasteiger partial charge in [-0.15, -0.1) is 11.3 Å². The number of ether oxygens (including phenoxy) is 1. The van der Waals surface area contributed by atoms with E-state index in [2.05, 4.69) is 24.1 Å². The van der Waals surface area contributed by atoms with Gasteiger partial charge >= 0.3 is 0 Å². The molecule has 0 aliphatic carbocycles. The van der Waals surface area contributed by atoms with E-state index in [1.165, 1.54) is 4.88 Å². The molecule has 0 aromatic carbocycles. The van der Waals surface area contributed by atoms with Crippen molar-refractivity contribution in [2.45, 2.75) is 38.8 Å². The Morgan fingerprint density at radius 2 is 2.27 bits per heavy atom. The maximum atomic E-state index is 5.35. The first kappa shape index (κ1) is 11.0. The van der Waals surface area contributed by atoms with Crippen molar-refractivity contribution in [3.05, 3.63) is 16.1 Å². The highest BCUT2D eigenvalue weighted by Gasteiger charge is 2.18. The maximum Gasteiger partial charge on any atom is 0.0798 e. The number of aromatic nitrogens is 1. The Hall–Kier alpha value is -0.450. The normalized spacial score (nSPS) is 20.4. The highest BCUT2D eigenvalue weighted by Crippen LogP contribution is 2.22. The van der Waals surface area contributed by atoms with Crippen LogP contribution in [0.25, 0.3) is 0 Å². The summed E-state index contributed by atoms with van der Waals surface area (Å²) in [5, 5.41) is 3.65. The molecule has 1 aromatic heterocycles. The van der Waals surface area contributed by atoms with Crippen molar-refractivity contribution in [3.63, 3.8) is 0 Å². The van der Waals surface area contributed by atoms with Gasteiger partial charge in [-0.25, -0.2) is 4.98 Å². The zero-order valence-corrected chi connectivity index (χ0v) is 10.1. The van der Waals surface area contributed by atoms with Crippen molar-refractivity contribution >= 4 is 11.3 Å². The predicted octanol–water partition coefficient (Wildman–Crippen LogP) is 2.28. The zero-order chi connectivity index (χ0) is 10.7. The fourth-order valence-electron chi connectivity index (χ4n) is 2.02. The minimum Gasteiger partial charge on any atom is -0.381 e. The molecule has 0 saturated carbocycles. The summed E-state index contributed by atoms with van der Waals surface area (Å²) in [5.41, 5.74) is 3.08. The van der Waals surface area contributed by atoms with Crippen LogP contribution in [-0.4, -0.2) is 24.2 Å². The Morgan fingerprint density at radius 1 is 1.53 bits per heavy atom. The van der Waals surface area contributed by atoms with Crippen molar-refractivity contribution in [2.24, 2.45) is 0 Å². The van der Waals surface area contributed by atoms with Crippen molar-refractivity contribution in [1.82, 2.24) is 10.3 Å². The quantitative estimate of drug-likeness (QED) is 0.858. The van der Waals surface area contributed by atoms with Crippen molar-refractivity contribution in [2.75, 3.05) is 13.2 Å². The summed E-state index contributed by atoms with van der Waals surface area (Å²) >= 11 is 1.74. The molecule has 1 aromatic rings. The van der Waals surface area contributed by atoms with Crippen LogP contribution in [0.5, 0.6) is 0 Å². The average molecular weight is 226 g/mol. The first-order valence-electron chi connectivity index (χ1n) is 5.51. The van der Waals surface area contributed by atoms with E-state index in [0.29, 0.717) is 12.1 Å². The first-order chi connectivity index (χ1) is 7.27. The fourth-order valence-corrected chi connectivity index (χ4v) is 2.84. The van der Waals surface area contributed by atoms with Gasteiger partial charge < -0.3 is 10.1 Å². The second kappa shape index (κ2) is 5.05. The van der Waals surface area contributed by atoms with Crippen LogP contribution in [0, 0.1) is 6.92 Å². The van der Waals surface area contributed by atoms with Crippen molar-refractivity contribution in [3.8, 4) is 0 Å². The third-order valence-corrected chi connectivity index (χ3v) is 4.00. The minimum absolute atomic E-state index is 0.417. The molecule has 4 heteroatoms. The Labute approximate surface area is 94.9 Å². The highest BCUT2D eigenvalue weighted by atomic mass is 32.1. The number of aryl methyl sites for hydroxylation is 1. The summed E-state index contributed by atoms with van der Waals surface area (Å²) in [4.78, 5) is 5.65. The third kappa shape index (κ3) is 2.77. The number of hydrogen-bond donors (Lipinski definition) is 1. The minimum atomic E-state index is 0.417. The lowest BCUT2D eigenvalue weighted by Gasteiger charge is -2.26. The average Bonchev–Trinajstić information content (AvgIpc) is 2.66. The van der Waals surface area contributed by atoms with E-state index in [9.17, 15) is 0 Å². The Kier molecular flexibility index (Phi) is 3.72. The molecule has 0 bridgehead atoms. The maximum absolute atomic E-state index is 5.35. The van der Waals surface area contributed by atoms with Crippen LogP contribution in [-0.2, 0) is 4.74 Å². The molecule has 2 rings (SSSR count). The smallest absolute Gasteiger partial charge is 0.0798 e. The molecule has 15 heavy (non-hydrogen) atoms. The lowest BCUT2D eigenvalue weighted by molar-refractivity contribution is 0.0755. The van der Waals surface area contributed by atoms with E-state index in [1.54, 1.807) is 11.3 Å². The molecule has 1 aliphatic heterocycles. The number of rotatable bonds is 3. The van der Waals surface area contributed by atoms with E-state index in [0.717, 1.165) is 31.7 Å². The van der Waals surface area contributed by atoms with Crippen LogP contribution in [0.2, 0.25) is 0 Å². The predicted molar refractivity (Wildman–Crippen MR) is 62.2 cm³/mol. The summed E-state index contributed by atoms with van der Waals surface area (Å²) in [5.74, 6) is 0. The molecule has 1 N–H and O–H groups in total. The lowest BCUT2D eigenvalue weighted by Crippen LogP contribution is -2.36. The van der Waals surface area contributed by atoms with Gasteiger partial charge in [0.2, 0.25) is 0 Å². The number of nitrogens with one attached hydrogen (secondary N) is 1. The van der Waals surface area contributed by atoms with Gasteiger partial charge in [-0.2, -0.15) is 0 Å². The van der Waals surface area contributed by atoms with E-state index in [1.807, 2.05) is 5.51 Å². The largest absolute Gasteiger partial charge is 0.381 e. The molecule has 0 spiro atoms. The summed E-state index contributed by atoms with van der Waals surface area (Å²) in [7, 11) is 0. The highest BCUT2D eigenvalue weighted by molar-refractivity contribution is 7.09. The molecular weight excluding hydrogens is 208 g/mol. The molecule has 1 atom stereocenters. The van der Waals surface area contributed by atoms with Crippen molar-refractivity contribution in [1.29, 1.82) is 0 Å². The summed E-state index contributed by atoms with van der Waals surface area (Å²) in [6, 6.07) is 1.02. The van der Waals surface area contributed by atoms with Crippen LogP contribution in [0.3, 0.4) is 0 Å². The van der Waals surface area contributed by atoms with Crippen LogP contribution in [0.4, 0.5) is 0 Å². The van der Waals surface area contributed by atoms with Gasteiger partial charge in [-0.1, -0.05) is 0 Å². The molecule has 0 amide bonds. The summed E-state index contributed by atoms with van der Waals surface area (Å²) in [6.07, 6.45) is 2.25. The Bertz CT molecular complexity index is 307. The van der Waals surface area contributed by atoms with Crippen LogP contribution >= 0.6 is 11.3 Å². The van der Waals surface area contributed by atoms with E-state index < -0.39 is 0 Å². The standard InChI is InChI=1S/C11H18N2OS/c1-8-11(15-7-12-8)9(2)13-10-3-5-14-6-4-10/h7,9-10,13H,3-6H2,1-2H3. The van der Waals surface area contributed by atoms with E-state index >= 15 is 0 Å². The van der Waals surface area contributed by atoms with Crippen molar-refractivity contribution < 1.29 is 4.74 Å². The molecule has 84 valence electrons. The van der Waals surface area contributed by atoms with Gasteiger partial charge in [0, 0.05) is 30.2 Å². The molecular formula is C11H18N2OS. The Morgan fingerprint density at radius 3 is 2.87 bits per heavy atom. The zero-order valence-electron chi connectivity index (χ0n) is 9.32. The lowest BCUT2D eigenvalue weighted by atomic mass is 10.1. The monoisotopic (exact) mass is 226 g/mol. The van der Waals surface area contributed by atoms with Gasteiger partial charge in [0.15, 0.2) is 0 Å². The molecule has 0 radical (unpaired) electrons. The topological polar surface area (TPSA) is 34.2 Å². The second-order valence-corrected chi connectivity index (χ2v) is 4.96. The molecule has 1 fully saturated rings. The number of nitrogens with zero attached hydrogens (tertiary/aromatic N) is 1. The van der Waals surface area contributed by atoms with Crippen LogP contribution in [0.15, 0.2) is 5.51 Å². The van der Waals surface area contributed by atoms with Crippen LogP contribution in [0.1, 0.15) is 36.4 Å². The van der Waals surface area contributed by atoms with Gasteiger partial charge in [0.25, 0.3) is 0 Å². The summed E-state index contributed by atoms with van der Waals surface area (Å²) in [6.45, 7) is 6.09. The van der Waals surface area contributed by atoms with Crippen LogP contribution < -0.4 is 5.32 Å². The molecule has 1 saturated heterocycles. The van der Waals surface area contributed by atoms with Gasteiger partial charge in [-0.05, 0) is 26.7 Å². The number of thiazole rings is 1. The fraction of sp³-hybridized carbons (Fsp3) is 0.727. The second-order valence-electron chi connectivity index (χ2n) is 4.08. The first-order valence-corrected chi connectivity index (χ1v) is 6.39. The molecule has 3 nitrogen and oxygen atoms in total. The number of hydrogen-bond acceptors (Lipinski definition) is 4. The van der Waals surface area contributed by atoms with Gasteiger partial charge in [0.05, 0.1) is 11.2 Å². The van der Waals surface area contributed by atoms with Gasteiger partial charge in [-0.3, -0.25) is 0 Å². The molecule has 2 heterocycles. The Balaban J connectivity index is 1.91. The summed E-state index contributed by atoms with van der Waals surface area (Å²) < 4.78 is 5.35. The van der Waals surface area contributed by atoms with E-state index in [4.69, 9.17) is 4.74 Å². The SMILES string of the molecule is Cc1ncsc1C(C)NC1CCOCC1. The van der Waals surface area contributed by atoms with E-state index in [-0.39, 0.29) is 0 Å².